The molecule has 1 aromatic carbocycles. The van der Waals surface area contributed by atoms with Crippen molar-refractivity contribution < 1.29 is 0 Å². The fourth-order valence-corrected chi connectivity index (χ4v) is 1.67. The summed E-state index contributed by atoms with van der Waals surface area (Å²) in [6, 6.07) is 10.3. The maximum Gasteiger partial charge on any atom is 0.0417 e. The first-order chi connectivity index (χ1) is 7.85. The standard InChI is InChI=1S/C14H14N2/c1-3-11-4-5-13(10-14(11)15-2)12-6-8-16-9-7-12/h3-10,15H,1H2,2H3. The first-order valence-electron chi connectivity index (χ1n) is 5.20. The summed E-state index contributed by atoms with van der Waals surface area (Å²) in [6.07, 6.45) is 5.45. The molecule has 1 N–H and O–H groups in total. The maximum absolute atomic E-state index is 4.02. The molecule has 16 heavy (non-hydrogen) atoms. The molecule has 1 aromatic heterocycles. The summed E-state index contributed by atoms with van der Waals surface area (Å²) in [4.78, 5) is 4.02. The fourth-order valence-electron chi connectivity index (χ4n) is 1.67. The minimum Gasteiger partial charge on any atom is -0.388 e. The van der Waals surface area contributed by atoms with E-state index in [9.17, 15) is 0 Å². The van der Waals surface area contributed by atoms with E-state index >= 15 is 0 Å². The summed E-state index contributed by atoms with van der Waals surface area (Å²) in [5.41, 5.74) is 4.55. The van der Waals surface area contributed by atoms with Crippen molar-refractivity contribution in [3.05, 3.63) is 54.9 Å². The van der Waals surface area contributed by atoms with Crippen LogP contribution in [-0.2, 0) is 0 Å². The van der Waals surface area contributed by atoms with Crippen LogP contribution in [0.1, 0.15) is 5.56 Å². The Labute approximate surface area is 95.7 Å². The number of nitrogens with zero attached hydrogens (tertiary/aromatic N) is 1. The molecule has 0 aliphatic carbocycles. The van der Waals surface area contributed by atoms with Gasteiger partial charge in [-0.3, -0.25) is 4.98 Å². The average Bonchev–Trinajstić information content (AvgIpc) is 2.39. The minimum absolute atomic E-state index is 1.09. The summed E-state index contributed by atoms with van der Waals surface area (Å²) >= 11 is 0. The molecule has 0 bridgehead atoms. The van der Waals surface area contributed by atoms with Crippen molar-refractivity contribution in [3.63, 3.8) is 0 Å². The zero-order valence-electron chi connectivity index (χ0n) is 9.27. The fraction of sp³-hybridized carbons (Fsp3) is 0.0714. The van der Waals surface area contributed by atoms with Gasteiger partial charge in [0.1, 0.15) is 0 Å². The Hall–Kier alpha value is -2.09. The highest BCUT2D eigenvalue weighted by Crippen LogP contribution is 2.25. The van der Waals surface area contributed by atoms with Gasteiger partial charge in [-0.1, -0.05) is 24.8 Å². The largest absolute Gasteiger partial charge is 0.388 e. The van der Waals surface area contributed by atoms with E-state index in [1.165, 1.54) is 11.1 Å². The number of pyridine rings is 1. The molecule has 0 fully saturated rings. The van der Waals surface area contributed by atoms with Gasteiger partial charge in [0.15, 0.2) is 0 Å². The SMILES string of the molecule is C=Cc1ccc(-c2ccncc2)cc1NC. The topological polar surface area (TPSA) is 24.9 Å². The lowest BCUT2D eigenvalue weighted by Crippen LogP contribution is -1.92. The van der Waals surface area contributed by atoms with Crippen LogP contribution in [-0.4, -0.2) is 12.0 Å². The zero-order valence-corrected chi connectivity index (χ0v) is 9.27. The zero-order chi connectivity index (χ0) is 11.4. The van der Waals surface area contributed by atoms with Crippen molar-refractivity contribution in [2.45, 2.75) is 0 Å². The second kappa shape index (κ2) is 4.62. The van der Waals surface area contributed by atoms with Gasteiger partial charge in [0.05, 0.1) is 0 Å². The smallest absolute Gasteiger partial charge is 0.0417 e. The highest BCUT2D eigenvalue weighted by atomic mass is 14.8. The van der Waals surface area contributed by atoms with Crippen LogP contribution in [0.2, 0.25) is 0 Å². The van der Waals surface area contributed by atoms with Gasteiger partial charge in [-0.05, 0) is 34.9 Å². The maximum atomic E-state index is 4.02. The van der Waals surface area contributed by atoms with Crippen LogP contribution in [0.5, 0.6) is 0 Å². The molecule has 2 nitrogen and oxygen atoms in total. The number of benzene rings is 1. The van der Waals surface area contributed by atoms with E-state index in [1.807, 2.05) is 25.3 Å². The lowest BCUT2D eigenvalue weighted by Gasteiger charge is -2.08. The number of nitrogens with one attached hydrogen (secondary N) is 1. The third-order valence-electron chi connectivity index (χ3n) is 2.56. The second-order valence-electron chi connectivity index (χ2n) is 3.49. The van der Waals surface area contributed by atoms with Crippen LogP contribution >= 0.6 is 0 Å². The Morgan fingerprint density at radius 2 is 1.88 bits per heavy atom. The lowest BCUT2D eigenvalue weighted by atomic mass is 10.0. The molecule has 80 valence electrons. The number of hydrogen-bond donors (Lipinski definition) is 1. The van der Waals surface area contributed by atoms with Gasteiger partial charge in [0, 0.05) is 25.1 Å². The average molecular weight is 210 g/mol. The monoisotopic (exact) mass is 210 g/mol. The number of rotatable bonds is 3. The molecule has 0 spiro atoms. The van der Waals surface area contributed by atoms with Crippen molar-refractivity contribution >= 4 is 11.8 Å². The van der Waals surface area contributed by atoms with E-state index in [4.69, 9.17) is 0 Å². The van der Waals surface area contributed by atoms with Gasteiger partial charge < -0.3 is 5.32 Å². The molecule has 0 saturated heterocycles. The Kier molecular flexibility index (Phi) is 3.01. The van der Waals surface area contributed by atoms with Gasteiger partial charge in [0.25, 0.3) is 0 Å². The van der Waals surface area contributed by atoms with Crippen molar-refractivity contribution in [2.24, 2.45) is 0 Å². The second-order valence-corrected chi connectivity index (χ2v) is 3.49. The predicted molar refractivity (Wildman–Crippen MR) is 69.3 cm³/mol. The van der Waals surface area contributed by atoms with Crippen LogP contribution < -0.4 is 5.32 Å². The van der Waals surface area contributed by atoms with E-state index < -0.39 is 0 Å². The van der Waals surface area contributed by atoms with E-state index in [-0.39, 0.29) is 0 Å². The van der Waals surface area contributed by atoms with Gasteiger partial charge in [-0.2, -0.15) is 0 Å². The molecule has 0 amide bonds. The molecule has 2 heteroatoms. The first-order valence-corrected chi connectivity index (χ1v) is 5.20. The minimum atomic E-state index is 1.09. The summed E-state index contributed by atoms with van der Waals surface area (Å²) in [6.45, 7) is 3.79. The molecule has 0 unspecified atom stereocenters. The first kappa shape index (κ1) is 10.4. The molecule has 2 rings (SSSR count). The van der Waals surface area contributed by atoms with Gasteiger partial charge in [-0.15, -0.1) is 0 Å². The summed E-state index contributed by atoms with van der Waals surface area (Å²) in [5, 5.41) is 3.17. The van der Waals surface area contributed by atoms with E-state index in [1.54, 1.807) is 12.4 Å². The third-order valence-corrected chi connectivity index (χ3v) is 2.56. The van der Waals surface area contributed by atoms with Crippen LogP contribution in [0.15, 0.2) is 49.3 Å². The Morgan fingerprint density at radius 1 is 1.12 bits per heavy atom. The van der Waals surface area contributed by atoms with Crippen LogP contribution in [0.4, 0.5) is 5.69 Å². The molecule has 0 aliphatic heterocycles. The van der Waals surface area contributed by atoms with Crippen molar-refractivity contribution in [2.75, 3.05) is 12.4 Å². The van der Waals surface area contributed by atoms with Crippen molar-refractivity contribution in [1.29, 1.82) is 0 Å². The molecular formula is C14H14N2. The van der Waals surface area contributed by atoms with Gasteiger partial charge >= 0.3 is 0 Å². The number of hydrogen-bond acceptors (Lipinski definition) is 2. The summed E-state index contributed by atoms with van der Waals surface area (Å²) in [5.74, 6) is 0. The normalized spacial score (nSPS) is 9.81. The van der Waals surface area contributed by atoms with Crippen molar-refractivity contribution in [3.8, 4) is 11.1 Å². The third kappa shape index (κ3) is 1.96. The molecule has 0 saturated carbocycles. The lowest BCUT2D eigenvalue weighted by molar-refractivity contribution is 1.33. The molecule has 0 radical (unpaired) electrons. The van der Waals surface area contributed by atoms with Crippen molar-refractivity contribution in [1.82, 2.24) is 4.98 Å². The van der Waals surface area contributed by atoms with Gasteiger partial charge in [0.2, 0.25) is 0 Å². The van der Waals surface area contributed by atoms with E-state index in [2.05, 4.69) is 35.1 Å². The Balaban J connectivity index is 2.48. The van der Waals surface area contributed by atoms with Crippen LogP contribution in [0.3, 0.4) is 0 Å². The summed E-state index contributed by atoms with van der Waals surface area (Å²) in [7, 11) is 1.92. The summed E-state index contributed by atoms with van der Waals surface area (Å²) < 4.78 is 0. The molecule has 0 atom stereocenters. The quantitative estimate of drug-likeness (QED) is 0.839. The Bertz CT molecular complexity index is 489. The number of aromatic nitrogens is 1. The molecule has 1 heterocycles. The Morgan fingerprint density at radius 3 is 2.50 bits per heavy atom. The number of anilines is 1. The van der Waals surface area contributed by atoms with Crippen LogP contribution in [0, 0.1) is 0 Å². The van der Waals surface area contributed by atoms with Gasteiger partial charge in [-0.25, -0.2) is 0 Å². The molecule has 0 aliphatic rings. The highest BCUT2D eigenvalue weighted by Gasteiger charge is 2.01. The van der Waals surface area contributed by atoms with Crippen LogP contribution in [0.25, 0.3) is 17.2 Å². The highest BCUT2D eigenvalue weighted by molar-refractivity contribution is 5.74. The molecule has 2 aromatic rings. The molecular weight excluding hydrogens is 196 g/mol. The predicted octanol–water partition coefficient (Wildman–Crippen LogP) is 3.43. The van der Waals surface area contributed by atoms with E-state index in [0.29, 0.717) is 0 Å². The van der Waals surface area contributed by atoms with E-state index in [0.717, 1.165) is 11.3 Å².